The van der Waals surface area contributed by atoms with Crippen molar-refractivity contribution >= 4 is 21.6 Å². The molecule has 1 aliphatic heterocycles. The highest BCUT2D eigenvalue weighted by Crippen LogP contribution is 2.38. The van der Waals surface area contributed by atoms with Gasteiger partial charge in [-0.2, -0.15) is 0 Å². The molecule has 0 aliphatic carbocycles. The van der Waals surface area contributed by atoms with E-state index in [0.29, 0.717) is 23.1 Å². The first kappa shape index (κ1) is 24.5. The van der Waals surface area contributed by atoms with Gasteiger partial charge in [-0.15, -0.1) is 0 Å². The van der Waals surface area contributed by atoms with Crippen molar-refractivity contribution in [1.82, 2.24) is 9.62 Å². The van der Waals surface area contributed by atoms with E-state index in [1.54, 1.807) is 26.4 Å². The molecule has 0 unspecified atom stereocenters. The quantitative estimate of drug-likeness (QED) is 0.483. The van der Waals surface area contributed by atoms with Crippen molar-refractivity contribution in [2.75, 3.05) is 27.3 Å². The number of hydrogen-bond donors (Lipinski definition) is 1. The molecule has 8 heteroatoms. The molecule has 1 aliphatic rings. The van der Waals surface area contributed by atoms with Gasteiger partial charge in [0.2, 0.25) is 10.0 Å². The zero-order chi connectivity index (χ0) is 24.3. The third kappa shape index (κ3) is 5.23. The summed E-state index contributed by atoms with van der Waals surface area (Å²) in [6, 6.07) is 18.3. The normalized spacial score (nSPS) is 16.2. The van der Waals surface area contributed by atoms with Crippen molar-refractivity contribution < 1.29 is 17.9 Å². The van der Waals surface area contributed by atoms with Gasteiger partial charge in [0.15, 0.2) is 11.5 Å². The molecule has 180 valence electrons. The van der Waals surface area contributed by atoms with Crippen molar-refractivity contribution in [3.63, 3.8) is 0 Å². The smallest absolute Gasteiger partial charge is 0.240 e. The number of sulfonamides is 1. The Labute approximate surface area is 206 Å². The SMILES string of the molecule is COc1cc2c(cc1OC)[C@H](CNS(=O)(=O)c1ccc(Cl)cc1)N(Cc1ccccc1C)CC2. The van der Waals surface area contributed by atoms with E-state index in [9.17, 15) is 8.42 Å². The van der Waals surface area contributed by atoms with E-state index in [2.05, 4.69) is 28.7 Å². The van der Waals surface area contributed by atoms with Gasteiger partial charge in [-0.1, -0.05) is 35.9 Å². The van der Waals surface area contributed by atoms with Crippen LogP contribution in [0.4, 0.5) is 0 Å². The first-order chi connectivity index (χ1) is 16.3. The van der Waals surface area contributed by atoms with E-state index >= 15 is 0 Å². The molecule has 6 nitrogen and oxygen atoms in total. The van der Waals surface area contributed by atoms with Crippen molar-refractivity contribution in [3.05, 3.63) is 87.9 Å². The van der Waals surface area contributed by atoms with Gasteiger partial charge in [-0.05, 0) is 72.0 Å². The highest BCUT2D eigenvalue weighted by molar-refractivity contribution is 7.89. The Hall–Kier alpha value is -2.58. The Balaban J connectivity index is 1.68. The van der Waals surface area contributed by atoms with Crippen molar-refractivity contribution in [3.8, 4) is 11.5 Å². The first-order valence-electron chi connectivity index (χ1n) is 11.1. The van der Waals surface area contributed by atoms with Crippen LogP contribution in [0.2, 0.25) is 5.02 Å². The predicted octanol–water partition coefficient (Wildman–Crippen LogP) is 4.74. The molecule has 1 atom stereocenters. The minimum Gasteiger partial charge on any atom is -0.493 e. The second-order valence-electron chi connectivity index (χ2n) is 8.37. The largest absolute Gasteiger partial charge is 0.493 e. The van der Waals surface area contributed by atoms with Gasteiger partial charge in [0, 0.05) is 30.7 Å². The molecule has 0 bridgehead atoms. The maximum Gasteiger partial charge on any atom is 0.240 e. The van der Waals surface area contributed by atoms with Gasteiger partial charge in [0.25, 0.3) is 0 Å². The number of nitrogens with zero attached hydrogens (tertiary/aromatic N) is 1. The molecule has 4 rings (SSSR count). The molecule has 0 radical (unpaired) electrons. The summed E-state index contributed by atoms with van der Waals surface area (Å²) >= 11 is 5.93. The summed E-state index contributed by atoms with van der Waals surface area (Å²) in [6.45, 7) is 3.83. The van der Waals surface area contributed by atoms with Crippen molar-refractivity contribution in [1.29, 1.82) is 0 Å². The fraction of sp³-hybridized carbons (Fsp3) is 0.308. The van der Waals surface area contributed by atoms with Crippen molar-refractivity contribution in [2.24, 2.45) is 0 Å². The molecule has 0 saturated carbocycles. The Kier molecular flexibility index (Phi) is 7.48. The number of ether oxygens (including phenoxy) is 2. The molecule has 3 aromatic rings. The highest BCUT2D eigenvalue weighted by Gasteiger charge is 2.30. The average Bonchev–Trinajstić information content (AvgIpc) is 2.84. The number of methoxy groups -OCH3 is 2. The molecule has 3 aromatic carbocycles. The molecular formula is C26H29ClN2O4S. The van der Waals surface area contributed by atoms with Gasteiger partial charge in [0.05, 0.1) is 19.1 Å². The first-order valence-corrected chi connectivity index (χ1v) is 13.0. The Morgan fingerprint density at radius 3 is 2.38 bits per heavy atom. The van der Waals surface area contributed by atoms with Gasteiger partial charge >= 0.3 is 0 Å². The fourth-order valence-electron chi connectivity index (χ4n) is 4.40. The van der Waals surface area contributed by atoms with E-state index in [0.717, 1.165) is 24.1 Å². The lowest BCUT2D eigenvalue weighted by Crippen LogP contribution is -2.41. The number of halogens is 1. The highest BCUT2D eigenvalue weighted by atomic mass is 35.5. The Morgan fingerprint density at radius 2 is 1.71 bits per heavy atom. The van der Waals surface area contributed by atoms with E-state index in [4.69, 9.17) is 21.1 Å². The molecular weight excluding hydrogens is 472 g/mol. The molecule has 0 aromatic heterocycles. The molecule has 34 heavy (non-hydrogen) atoms. The molecule has 0 spiro atoms. The van der Waals surface area contributed by atoms with Crippen LogP contribution in [0.1, 0.15) is 28.3 Å². The summed E-state index contributed by atoms with van der Waals surface area (Å²) in [5.74, 6) is 1.30. The number of benzene rings is 3. The second kappa shape index (κ2) is 10.4. The lowest BCUT2D eigenvalue weighted by Gasteiger charge is -2.38. The van der Waals surface area contributed by atoms with Crippen LogP contribution in [0, 0.1) is 6.92 Å². The number of fused-ring (bicyclic) bond motifs is 1. The topological polar surface area (TPSA) is 67.9 Å². The maximum atomic E-state index is 13.0. The van der Waals surface area contributed by atoms with Gasteiger partial charge in [-0.25, -0.2) is 13.1 Å². The van der Waals surface area contributed by atoms with Crippen LogP contribution in [0.25, 0.3) is 0 Å². The monoisotopic (exact) mass is 500 g/mol. The second-order valence-corrected chi connectivity index (χ2v) is 10.6. The van der Waals surface area contributed by atoms with Crippen LogP contribution in [-0.2, 0) is 23.0 Å². The minimum atomic E-state index is -3.70. The average molecular weight is 501 g/mol. The third-order valence-electron chi connectivity index (χ3n) is 6.34. The maximum absolute atomic E-state index is 13.0. The van der Waals surface area contributed by atoms with Crippen LogP contribution in [0.5, 0.6) is 11.5 Å². The van der Waals surface area contributed by atoms with Gasteiger partial charge < -0.3 is 9.47 Å². The number of nitrogens with one attached hydrogen (secondary N) is 1. The predicted molar refractivity (Wildman–Crippen MR) is 134 cm³/mol. The fourth-order valence-corrected chi connectivity index (χ4v) is 5.56. The Morgan fingerprint density at radius 1 is 1.03 bits per heavy atom. The van der Waals surface area contributed by atoms with Crippen LogP contribution >= 0.6 is 11.6 Å². The molecule has 0 fully saturated rings. The van der Waals surface area contributed by atoms with Crippen LogP contribution in [-0.4, -0.2) is 40.6 Å². The van der Waals surface area contributed by atoms with E-state index in [1.165, 1.54) is 23.3 Å². The molecule has 0 amide bonds. The summed E-state index contributed by atoms with van der Waals surface area (Å²) in [4.78, 5) is 2.51. The summed E-state index contributed by atoms with van der Waals surface area (Å²) in [6.07, 6.45) is 0.835. The van der Waals surface area contributed by atoms with E-state index in [1.807, 2.05) is 24.3 Å². The summed E-state index contributed by atoms with van der Waals surface area (Å²) < 4.78 is 39.9. The number of hydrogen-bond acceptors (Lipinski definition) is 5. The summed E-state index contributed by atoms with van der Waals surface area (Å²) in [7, 11) is -0.475. The third-order valence-corrected chi connectivity index (χ3v) is 8.03. The van der Waals surface area contributed by atoms with Crippen LogP contribution in [0.3, 0.4) is 0 Å². The van der Waals surface area contributed by atoms with Crippen LogP contribution < -0.4 is 14.2 Å². The van der Waals surface area contributed by atoms with Crippen molar-refractivity contribution in [2.45, 2.75) is 30.8 Å². The van der Waals surface area contributed by atoms with E-state index in [-0.39, 0.29) is 17.5 Å². The minimum absolute atomic E-state index is 0.176. The summed E-state index contributed by atoms with van der Waals surface area (Å²) in [5, 5.41) is 0.491. The van der Waals surface area contributed by atoms with E-state index < -0.39 is 10.0 Å². The van der Waals surface area contributed by atoms with Gasteiger partial charge in [0.1, 0.15) is 0 Å². The molecule has 1 heterocycles. The summed E-state index contributed by atoms with van der Waals surface area (Å²) in [5.41, 5.74) is 4.60. The lowest BCUT2D eigenvalue weighted by atomic mass is 9.91. The zero-order valence-electron chi connectivity index (χ0n) is 19.5. The Bertz CT molecular complexity index is 1260. The van der Waals surface area contributed by atoms with Crippen LogP contribution in [0.15, 0.2) is 65.6 Å². The molecule has 0 saturated heterocycles. The standard InChI is InChI=1S/C26H29ClN2O4S/c1-18-6-4-5-7-20(18)17-29-13-12-19-14-25(32-2)26(33-3)15-23(19)24(29)16-28-34(30,31)22-10-8-21(27)9-11-22/h4-11,14-15,24,28H,12-13,16-17H2,1-3H3/t24-/m0/s1. The van der Waals surface area contributed by atoms with Gasteiger partial charge in [-0.3, -0.25) is 4.90 Å². The number of rotatable bonds is 8. The molecule has 1 N–H and O–H groups in total. The number of aryl methyl sites for hydroxylation is 1. The zero-order valence-corrected chi connectivity index (χ0v) is 21.1. The lowest BCUT2D eigenvalue weighted by molar-refractivity contribution is 0.176.